The molecule has 0 bridgehead atoms. The van der Waals surface area contributed by atoms with Crippen LogP contribution in [0.4, 0.5) is 0 Å². The van der Waals surface area contributed by atoms with Crippen LogP contribution >= 0.6 is 0 Å². The third-order valence-electron chi connectivity index (χ3n) is 4.75. The van der Waals surface area contributed by atoms with E-state index in [2.05, 4.69) is 0 Å². The van der Waals surface area contributed by atoms with Gasteiger partial charge < -0.3 is 14.6 Å². The Morgan fingerprint density at radius 3 is 2.67 bits per heavy atom. The minimum Gasteiger partial charge on any atom is -0.480 e. The number of likely N-dealkylation sites (N-methyl/N-ethyl adjacent to an activating group) is 1. The van der Waals surface area contributed by atoms with Gasteiger partial charge in [0.25, 0.3) is 0 Å². The molecule has 1 amide bonds. The fourth-order valence-corrected chi connectivity index (χ4v) is 3.48. The number of carbonyl (C=O) groups excluding carboxylic acids is 1. The van der Waals surface area contributed by atoms with E-state index in [4.69, 9.17) is 10.1 Å². The number of imidazole rings is 1. The number of hydrogen-bond donors (Lipinski definition) is 1. The number of hydrogen-bond acceptors (Lipinski definition) is 3. The molecule has 1 N–H and O–H groups in total. The fraction of sp³-hybridized carbons (Fsp3) is 0.500. The van der Waals surface area contributed by atoms with Gasteiger partial charge in [0, 0.05) is 13.0 Å². The second-order valence-corrected chi connectivity index (χ2v) is 6.52. The van der Waals surface area contributed by atoms with Gasteiger partial charge in [0.15, 0.2) is 0 Å². The quantitative estimate of drug-likeness (QED) is 0.915. The zero-order chi connectivity index (χ0) is 17.1. The molecule has 0 unspecified atom stereocenters. The lowest BCUT2D eigenvalue weighted by molar-refractivity contribution is -0.143. The van der Waals surface area contributed by atoms with Gasteiger partial charge in [-0.05, 0) is 25.0 Å². The molecule has 6 nitrogen and oxygen atoms in total. The number of carbonyl (C=O) groups is 2. The van der Waals surface area contributed by atoms with E-state index >= 15 is 0 Å². The Labute approximate surface area is 141 Å². The van der Waals surface area contributed by atoms with Gasteiger partial charge in [0.05, 0.1) is 11.0 Å². The number of carboxylic acid groups (broad SMARTS) is 1. The number of aliphatic carboxylic acids is 1. The average Bonchev–Trinajstić information content (AvgIpc) is 2.94. The van der Waals surface area contributed by atoms with Crippen LogP contribution in [0.3, 0.4) is 0 Å². The summed E-state index contributed by atoms with van der Waals surface area (Å²) < 4.78 is 1.98. The molecular weight excluding hydrogens is 306 g/mol. The fourth-order valence-electron chi connectivity index (χ4n) is 3.48. The van der Waals surface area contributed by atoms with E-state index < -0.39 is 5.97 Å². The second-order valence-electron chi connectivity index (χ2n) is 6.52. The highest BCUT2D eigenvalue weighted by Crippen LogP contribution is 2.33. The highest BCUT2D eigenvalue weighted by atomic mass is 16.4. The first-order valence-corrected chi connectivity index (χ1v) is 8.47. The Hall–Kier alpha value is -2.37. The van der Waals surface area contributed by atoms with Crippen LogP contribution in [0.2, 0.25) is 0 Å². The Morgan fingerprint density at radius 2 is 1.96 bits per heavy atom. The van der Waals surface area contributed by atoms with Crippen molar-refractivity contribution in [3.8, 4) is 0 Å². The van der Waals surface area contributed by atoms with Gasteiger partial charge in [0.2, 0.25) is 5.91 Å². The standard InChI is InChI=1S/C18H23N3O3/c1-20(12-17(23)24)16(22)11-21-15-10-6-5-9-14(15)19-18(21)13-7-3-2-4-8-13/h5-6,9-10,13H,2-4,7-8,11-12H2,1H3,(H,23,24). The van der Waals surface area contributed by atoms with E-state index in [1.54, 1.807) is 0 Å². The first-order valence-electron chi connectivity index (χ1n) is 8.47. The molecule has 0 spiro atoms. The molecule has 0 atom stereocenters. The first-order chi connectivity index (χ1) is 11.6. The van der Waals surface area contributed by atoms with Gasteiger partial charge in [-0.25, -0.2) is 4.98 Å². The minimum atomic E-state index is -1.01. The number of fused-ring (bicyclic) bond motifs is 1. The first kappa shape index (κ1) is 16.5. The molecule has 0 aliphatic heterocycles. The van der Waals surface area contributed by atoms with Crippen molar-refractivity contribution < 1.29 is 14.7 Å². The number of aromatic nitrogens is 2. The highest BCUT2D eigenvalue weighted by Gasteiger charge is 2.24. The van der Waals surface area contributed by atoms with Gasteiger partial charge in [-0.2, -0.15) is 0 Å². The smallest absolute Gasteiger partial charge is 0.323 e. The predicted octanol–water partition coefficient (Wildman–Crippen LogP) is 2.63. The lowest BCUT2D eigenvalue weighted by Crippen LogP contribution is -2.35. The lowest BCUT2D eigenvalue weighted by Gasteiger charge is -2.23. The van der Waals surface area contributed by atoms with Crippen LogP contribution in [0.25, 0.3) is 11.0 Å². The molecule has 1 aliphatic rings. The second kappa shape index (κ2) is 7.03. The van der Waals surface area contributed by atoms with E-state index in [1.807, 2.05) is 28.8 Å². The monoisotopic (exact) mass is 329 g/mol. The molecule has 3 rings (SSSR count). The number of amides is 1. The number of para-hydroxylation sites is 2. The minimum absolute atomic E-state index is 0.135. The van der Waals surface area contributed by atoms with Crippen molar-refractivity contribution in [2.75, 3.05) is 13.6 Å². The van der Waals surface area contributed by atoms with Crippen LogP contribution < -0.4 is 0 Å². The molecule has 24 heavy (non-hydrogen) atoms. The van der Waals surface area contributed by atoms with Crippen molar-refractivity contribution in [3.63, 3.8) is 0 Å². The number of carboxylic acids is 1. The molecule has 128 valence electrons. The summed E-state index contributed by atoms with van der Waals surface area (Å²) >= 11 is 0. The van der Waals surface area contributed by atoms with E-state index in [-0.39, 0.29) is 19.0 Å². The van der Waals surface area contributed by atoms with Crippen molar-refractivity contribution >= 4 is 22.9 Å². The molecule has 1 saturated carbocycles. The van der Waals surface area contributed by atoms with Crippen molar-refractivity contribution in [3.05, 3.63) is 30.1 Å². The Morgan fingerprint density at radius 1 is 1.25 bits per heavy atom. The average molecular weight is 329 g/mol. The molecule has 2 aromatic rings. The summed E-state index contributed by atoms with van der Waals surface area (Å²) in [5.41, 5.74) is 1.84. The van der Waals surface area contributed by atoms with Gasteiger partial charge in [-0.3, -0.25) is 9.59 Å². The van der Waals surface area contributed by atoms with Crippen molar-refractivity contribution in [2.24, 2.45) is 0 Å². The van der Waals surface area contributed by atoms with Crippen LogP contribution in [-0.4, -0.2) is 45.0 Å². The number of benzene rings is 1. The molecule has 0 radical (unpaired) electrons. The topological polar surface area (TPSA) is 75.4 Å². The van der Waals surface area contributed by atoms with E-state index in [9.17, 15) is 9.59 Å². The molecule has 6 heteroatoms. The molecule has 1 heterocycles. The number of rotatable bonds is 5. The summed E-state index contributed by atoms with van der Waals surface area (Å²) in [7, 11) is 1.52. The van der Waals surface area contributed by atoms with Gasteiger partial charge in [-0.15, -0.1) is 0 Å². The van der Waals surface area contributed by atoms with Crippen LogP contribution in [0.1, 0.15) is 43.8 Å². The predicted molar refractivity (Wildman–Crippen MR) is 90.8 cm³/mol. The summed E-state index contributed by atoms with van der Waals surface area (Å²) in [6.45, 7) is -0.152. The van der Waals surface area contributed by atoms with Gasteiger partial charge >= 0.3 is 5.97 Å². The maximum atomic E-state index is 12.4. The van der Waals surface area contributed by atoms with Crippen molar-refractivity contribution in [2.45, 2.75) is 44.6 Å². The Bertz CT molecular complexity index is 747. The van der Waals surface area contributed by atoms with E-state index in [0.717, 1.165) is 29.7 Å². The van der Waals surface area contributed by atoms with Crippen LogP contribution in [0, 0.1) is 0 Å². The normalized spacial score (nSPS) is 15.5. The van der Waals surface area contributed by atoms with Crippen molar-refractivity contribution in [1.29, 1.82) is 0 Å². The third-order valence-corrected chi connectivity index (χ3v) is 4.75. The maximum Gasteiger partial charge on any atom is 0.323 e. The van der Waals surface area contributed by atoms with Gasteiger partial charge in [-0.1, -0.05) is 31.4 Å². The Kier molecular flexibility index (Phi) is 4.83. The molecule has 1 fully saturated rings. The van der Waals surface area contributed by atoms with Crippen molar-refractivity contribution in [1.82, 2.24) is 14.5 Å². The van der Waals surface area contributed by atoms with Crippen LogP contribution in [0.5, 0.6) is 0 Å². The third kappa shape index (κ3) is 3.42. The lowest BCUT2D eigenvalue weighted by atomic mass is 9.88. The summed E-state index contributed by atoms with van der Waals surface area (Å²) in [6.07, 6.45) is 5.85. The van der Waals surface area contributed by atoms with Crippen LogP contribution in [0.15, 0.2) is 24.3 Å². The molecule has 0 saturated heterocycles. The molecule has 1 aliphatic carbocycles. The summed E-state index contributed by atoms with van der Waals surface area (Å²) in [5, 5.41) is 8.88. The molecule has 1 aromatic heterocycles. The van der Waals surface area contributed by atoms with Gasteiger partial charge in [0.1, 0.15) is 18.9 Å². The van der Waals surface area contributed by atoms with E-state index in [1.165, 1.54) is 31.2 Å². The largest absolute Gasteiger partial charge is 0.480 e. The van der Waals surface area contributed by atoms with E-state index in [0.29, 0.717) is 5.92 Å². The zero-order valence-electron chi connectivity index (χ0n) is 13.9. The summed E-state index contributed by atoms with van der Waals surface area (Å²) in [4.78, 5) is 29.3. The summed E-state index contributed by atoms with van der Waals surface area (Å²) in [6, 6.07) is 7.82. The Balaban J connectivity index is 1.92. The number of nitrogens with zero attached hydrogens (tertiary/aromatic N) is 3. The van der Waals surface area contributed by atoms with Crippen LogP contribution in [-0.2, 0) is 16.1 Å². The summed E-state index contributed by atoms with van der Waals surface area (Å²) in [5.74, 6) is 0.128. The molecular formula is C18H23N3O3. The molecule has 1 aromatic carbocycles. The SMILES string of the molecule is CN(CC(=O)O)C(=O)Cn1c(C2CCCCC2)nc2ccccc21. The maximum absolute atomic E-state index is 12.4. The highest BCUT2D eigenvalue weighted by molar-refractivity contribution is 5.83. The zero-order valence-corrected chi connectivity index (χ0v) is 13.9.